The third kappa shape index (κ3) is 6.11. The van der Waals surface area contributed by atoms with Crippen molar-refractivity contribution in [3.8, 4) is 5.69 Å². The molecule has 2 N–H and O–H groups in total. The minimum absolute atomic E-state index is 0.118. The summed E-state index contributed by atoms with van der Waals surface area (Å²) >= 11 is 0. The van der Waals surface area contributed by atoms with Crippen LogP contribution in [0.5, 0.6) is 0 Å². The predicted octanol–water partition coefficient (Wildman–Crippen LogP) is 3.09. The molecule has 3 aromatic rings. The molecule has 2 amide bonds. The summed E-state index contributed by atoms with van der Waals surface area (Å²) in [5.74, 6) is -1.60. The lowest BCUT2D eigenvalue weighted by Gasteiger charge is -2.12. The van der Waals surface area contributed by atoms with Crippen molar-refractivity contribution < 1.29 is 18.7 Å². The number of aromatic nitrogens is 2. The van der Waals surface area contributed by atoms with Gasteiger partial charge in [-0.25, -0.2) is 9.07 Å². The predicted molar refractivity (Wildman–Crippen MR) is 122 cm³/mol. The molecule has 0 bridgehead atoms. The van der Waals surface area contributed by atoms with Crippen LogP contribution in [0, 0.1) is 12.7 Å². The SMILES string of the molecule is CCOCCCNC(=O)c1cccc(NC(=O)c2nn(-c3ccccc3F)c(C)cc2=O)c1. The highest BCUT2D eigenvalue weighted by molar-refractivity contribution is 6.03. The summed E-state index contributed by atoms with van der Waals surface area (Å²) in [5, 5.41) is 9.45. The molecule has 0 atom stereocenters. The van der Waals surface area contributed by atoms with Crippen molar-refractivity contribution in [2.75, 3.05) is 25.1 Å². The van der Waals surface area contributed by atoms with Gasteiger partial charge in [-0.1, -0.05) is 18.2 Å². The fourth-order valence-electron chi connectivity index (χ4n) is 3.12. The summed E-state index contributed by atoms with van der Waals surface area (Å²) in [6.07, 6.45) is 0.684. The maximum absolute atomic E-state index is 14.2. The molecule has 0 aliphatic heterocycles. The Morgan fingerprint density at radius 3 is 2.64 bits per heavy atom. The van der Waals surface area contributed by atoms with Crippen LogP contribution in [0.4, 0.5) is 10.1 Å². The third-order valence-electron chi connectivity index (χ3n) is 4.74. The average Bonchev–Trinajstić information content (AvgIpc) is 2.79. The number of nitrogens with one attached hydrogen (secondary N) is 2. The Labute approximate surface area is 190 Å². The van der Waals surface area contributed by atoms with Crippen LogP contribution >= 0.6 is 0 Å². The molecule has 3 rings (SSSR count). The van der Waals surface area contributed by atoms with E-state index in [2.05, 4.69) is 15.7 Å². The van der Waals surface area contributed by atoms with E-state index in [-0.39, 0.29) is 11.6 Å². The normalized spacial score (nSPS) is 10.6. The lowest BCUT2D eigenvalue weighted by Crippen LogP contribution is -2.27. The summed E-state index contributed by atoms with van der Waals surface area (Å²) < 4.78 is 20.7. The molecular formula is C24H25FN4O4. The number of amides is 2. The highest BCUT2D eigenvalue weighted by atomic mass is 19.1. The number of aryl methyl sites for hydroxylation is 1. The minimum Gasteiger partial charge on any atom is -0.382 e. The van der Waals surface area contributed by atoms with Crippen molar-refractivity contribution in [3.05, 3.63) is 87.6 Å². The Morgan fingerprint density at radius 1 is 1.09 bits per heavy atom. The maximum Gasteiger partial charge on any atom is 0.280 e. The van der Waals surface area contributed by atoms with Crippen LogP contribution in [0.15, 0.2) is 59.4 Å². The second-order valence-corrected chi connectivity index (χ2v) is 7.20. The summed E-state index contributed by atoms with van der Waals surface area (Å²) in [5.41, 5.74) is 0.179. The summed E-state index contributed by atoms with van der Waals surface area (Å²) in [6, 6.07) is 13.5. The second-order valence-electron chi connectivity index (χ2n) is 7.20. The first-order valence-corrected chi connectivity index (χ1v) is 10.5. The minimum atomic E-state index is -0.764. The number of carbonyl (C=O) groups is 2. The monoisotopic (exact) mass is 452 g/mol. The van der Waals surface area contributed by atoms with Gasteiger partial charge in [-0.15, -0.1) is 0 Å². The molecule has 0 aliphatic carbocycles. The first kappa shape index (κ1) is 23.8. The lowest BCUT2D eigenvalue weighted by molar-refractivity contribution is 0.0942. The number of anilines is 1. The van der Waals surface area contributed by atoms with Gasteiger partial charge in [-0.3, -0.25) is 14.4 Å². The largest absolute Gasteiger partial charge is 0.382 e. The van der Waals surface area contributed by atoms with E-state index < -0.39 is 22.8 Å². The van der Waals surface area contributed by atoms with E-state index in [0.717, 1.165) is 0 Å². The number of rotatable bonds is 9. The number of nitrogens with zero attached hydrogens (tertiary/aromatic N) is 2. The molecule has 0 unspecified atom stereocenters. The summed E-state index contributed by atoms with van der Waals surface area (Å²) in [4.78, 5) is 37.5. The van der Waals surface area contributed by atoms with Gasteiger partial charge in [0, 0.05) is 42.8 Å². The molecule has 8 nitrogen and oxygen atoms in total. The van der Waals surface area contributed by atoms with Gasteiger partial charge in [-0.05, 0) is 50.6 Å². The number of benzene rings is 2. The fraction of sp³-hybridized carbons (Fsp3) is 0.250. The van der Waals surface area contributed by atoms with Crippen LogP contribution in [0.2, 0.25) is 0 Å². The molecule has 0 spiro atoms. The quantitative estimate of drug-likeness (QED) is 0.486. The zero-order chi connectivity index (χ0) is 23.8. The number of hydrogen-bond acceptors (Lipinski definition) is 5. The Kier molecular flexibility index (Phi) is 8.04. The first-order chi connectivity index (χ1) is 15.9. The average molecular weight is 452 g/mol. The zero-order valence-corrected chi connectivity index (χ0v) is 18.4. The fourth-order valence-corrected chi connectivity index (χ4v) is 3.12. The Morgan fingerprint density at radius 2 is 1.88 bits per heavy atom. The van der Waals surface area contributed by atoms with Crippen molar-refractivity contribution >= 4 is 17.5 Å². The van der Waals surface area contributed by atoms with Crippen molar-refractivity contribution in [2.45, 2.75) is 20.3 Å². The topological polar surface area (TPSA) is 102 Å². The van der Waals surface area contributed by atoms with Gasteiger partial charge in [0.1, 0.15) is 11.5 Å². The van der Waals surface area contributed by atoms with Gasteiger partial charge in [0.2, 0.25) is 5.43 Å². The van der Waals surface area contributed by atoms with Crippen LogP contribution in [-0.4, -0.2) is 41.4 Å². The number of para-hydroxylation sites is 1. The number of hydrogen-bond donors (Lipinski definition) is 2. The van der Waals surface area contributed by atoms with Crippen LogP contribution in [-0.2, 0) is 4.74 Å². The van der Waals surface area contributed by atoms with Crippen molar-refractivity contribution in [1.82, 2.24) is 15.1 Å². The van der Waals surface area contributed by atoms with E-state index in [9.17, 15) is 18.8 Å². The Balaban J connectivity index is 1.76. The molecule has 0 radical (unpaired) electrons. The van der Waals surface area contributed by atoms with Crippen molar-refractivity contribution in [2.24, 2.45) is 0 Å². The molecule has 0 saturated carbocycles. The Hall–Kier alpha value is -3.85. The molecule has 172 valence electrons. The lowest BCUT2D eigenvalue weighted by atomic mass is 10.2. The first-order valence-electron chi connectivity index (χ1n) is 10.5. The van der Waals surface area contributed by atoms with E-state index in [1.165, 1.54) is 35.0 Å². The molecule has 0 aliphatic rings. The van der Waals surface area contributed by atoms with Crippen LogP contribution in [0.25, 0.3) is 5.69 Å². The van der Waals surface area contributed by atoms with Crippen molar-refractivity contribution in [1.29, 1.82) is 0 Å². The molecule has 0 saturated heterocycles. The Bertz CT molecular complexity index is 1210. The standard InChI is InChI=1S/C24H25FN4O4/c1-3-33-13-7-12-26-23(31)17-8-6-9-18(15-17)27-24(32)22-21(30)14-16(2)29(28-22)20-11-5-4-10-19(20)25/h4-6,8-11,14-15H,3,7,12-13H2,1-2H3,(H,26,31)(H,27,32). The highest BCUT2D eigenvalue weighted by Crippen LogP contribution is 2.14. The van der Waals surface area contributed by atoms with Crippen molar-refractivity contribution in [3.63, 3.8) is 0 Å². The van der Waals surface area contributed by atoms with Gasteiger partial charge in [0.05, 0.1) is 0 Å². The van der Waals surface area contributed by atoms with Crippen LogP contribution in [0.1, 0.15) is 39.9 Å². The maximum atomic E-state index is 14.2. The van der Waals surface area contributed by atoms with Gasteiger partial charge in [-0.2, -0.15) is 5.10 Å². The molecule has 9 heteroatoms. The smallest absolute Gasteiger partial charge is 0.280 e. The number of carbonyl (C=O) groups excluding carboxylic acids is 2. The van der Waals surface area contributed by atoms with E-state index in [0.29, 0.717) is 43.1 Å². The molecule has 33 heavy (non-hydrogen) atoms. The van der Waals surface area contributed by atoms with Gasteiger partial charge >= 0.3 is 0 Å². The van der Waals surface area contributed by atoms with Crippen LogP contribution < -0.4 is 16.1 Å². The summed E-state index contributed by atoms with van der Waals surface area (Å²) in [6.45, 7) is 5.13. The summed E-state index contributed by atoms with van der Waals surface area (Å²) in [7, 11) is 0. The van der Waals surface area contributed by atoms with E-state index in [1.807, 2.05) is 6.92 Å². The zero-order valence-electron chi connectivity index (χ0n) is 18.4. The third-order valence-corrected chi connectivity index (χ3v) is 4.74. The second kappa shape index (κ2) is 11.1. The van der Waals surface area contributed by atoms with E-state index in [1.54, 1.807) is 31.2 Å². The van der Waals surface area contributed by atoms with Crippen LogP contribution in [0.3, 0.4) is 0 Å². The van der Waals surface area contributed by atoms with Gasteiger partial charge in [0.15, 0.2) is 5.69 Å². The van der Waals surface area contributed by atoms with E-state index >= 15 is 0 Å². The van der Waals surface area contributed by atoms with E-state index in [4.69, 9.17) is 4.74 Å². The van der Waals surface area contributed by atoms with Gasteiger partial charge in [0.25, 0.3) is 11.8 Å². The highest BCUT2D eigenvalue weighted by Gasteiger charge is 2.17. The molecule has 1 heterocycles. The molecule has 2 aromatic carbocycles. The molecule has 0 fully saturated rings. The number of halogens is 1. The molecule has 1 aromatic heterocycles. The number of ether oxygens (including phenoxy) is 1. The molecular weight excluding hydrogens is 427 g/mol. The van der Waals surface area contributed by atoms with Gasteiger partial charge < -0.3 is 15.4 Å².